The minimum Gasteiger partial charge on any atom is -0.469 e. The highest BCUT2D eigenvalue weighted by Crippen LogP contribution is 2.49. The van der Waals surface area contributed by atoms with Gasteiger partial charge >= 0.3 is 12.0 Å². The summed E-state index contributed by atoms with van der Waals surface area (Å²) >= 11 is 3.27. The van der Waals surface area contributed by atoms with Gasteiger partial charge in [0.25, 0.3) is 0 Å². The zero-order valence-electron chi connectivity index (χ0n) is 19.1. The number of anilines is 1. The van der Waals surface area contributed by atoms with E-state index in [1.165, 1.54) is 19.3 Å². The van der Waals surface area contributed by atoms with Crippen molar-refractivity contribution >= 4 is 44.7 Å². The van der Waals surface area contributed by atoms with Gasteiger partial charge < -0.3 is 19.5 Å². The van der Waals surface area contributed by atoms with Gasteiger partial charge in [-0.05, 0) is 66.2 Å². The molecular weight excluding hydrogens is 507 g/mol. The van der Waals surface area contributed by atoms with Crippen LogP contribution in [0.4, 0.5) is 10.2 Å². The van der Waals surface area contributed by atoms with E-state index in [4.69, 9.17) is 14.7 Å². The number of methoxy groups -OCH3 is 1. The number of halogens is 2. The number of aliphatic hydroxyl groups is 1. The average molecular weight is 533 g/mol. The molecule has 0 radical (unpaired) electrons. The third-order valence-corrected chi connectivity index (χ3v) is 7.19. The summed E-state index contributed by atoms with van der Waals surface area (Å²) in [7, 11) is 1.35. The lowest BCUT2D eigenvalue weighted by molar-refractivity contribution is -0.142. The van der Waals surface area contributed by atoms with Gasteiger partial charge in [0.15, 0.2) is 5.82 Å². The molecule has 2 aromatic rings. The molecule has 1 aromatic heterocycles. The van der Waals surface area contributed by atoms with Gasteiger partial charge in [0.1, 0.15) is 11.3 Å². The van der Waals surface area contributed by atoms with E-state index in [0.717, 1.165) is 19.3 Å². The van der Waals surface area contributed by atoms with Gasteiger partial charge in [-0.25, -0.2) is 4.39 Å². The fraction of sp³-hybridized carbons (Fsp3) is 0.500. The molecule has 1 N–H and O–H groups in total. The van der Waals surface area contributed by atoms with Crippen LogP contribution in [0, 0.1) is 22.6 Å². The highest BCUT2D eigenvalue weighted by atomic mass is 79.9. The Hall–Kier alpha value is -2.77. The van der Waals surface area contributed by atoms with E-state index in [9.17, 15) is 9.90 Å². The SMILES string of the molecule is COC(=O)CC1(COc2nc(N3CCC[C@@](C)(O)C3)c3cc(/C=C/C#N)c(Br)c(F)c3n2)CC1. The molecule has 0 unspecified atom stereocenters. The summed E-state index contributed by atoms with van der Waals surface area (Å²) in [5, 5.41) is 20.0. The summed E-state index contributed by atoms with van der Waals surface area (Å²) < 4.78 is 26.3. The molecule has 1 aromatic carbocycles. The van der Waals surface area contributed by atoms with E-state index in [1.807, 2.05) is 11.0 Å². The van der Waals surface area contributed by atoms with Crippen molar-refractivity contribution in [2.45, 2.75) is 44.6 Å². The van der Waals surface area contributed by atoms with Gasteiger partial charge in [0.2, 0.25) is 0 Å². The Morgan fingerprint density at radius 3 is 2.82 bits per heavy atom. The first-order valence-corrected chi connectivity index (χ1v) is 11.9. The highest BCUT2D eigenvalue weighted by molar-refractivity contribution is 9.10. The van der Waals surface area contributed by atoms with Crippen LogP contribution in [0.3, 0.4) is 0 Å². The Bertz CT molecular complexity index is 1190. The Kier molecular flexibility index (Phi) is 6.78. The third kappa shape index (κ3) is 5.15. The zero-order valence-corrected chi connectivity index (χ0v) is 20.7. The molecule has 1 aliphatic heterocycles. The quantitative estimate of drug-likeness (QED) is 0.418. The number of nitrogens with zero attached hydrogens (tertiary/aromatic N) is 4. The molecule has 1 saturated heterocycles. The standard InChI is InChI=1S/C24H26BrFN4O4/c1-23(32)6-4-10-30(13-23)21-16-11-15(5-3-9-27)18(25)19(26)20(16)28-22(29-21)34-14-24(7-8-24)12-17(31)33-2/h3,5,11,32H,4,6-8,10,12-14H2,1-2H3/b5-3+/t23-/m1/s1. The number of nitriles is 1. The predicted molar refractivity (Wildman–Crippen MR) is 128 cm³/mol. The molecule has 10 heteroatoms. The minimum atomic E-state index is -0.910. The number of carbonyl (C=O) groups excluding carboxylic acids is 1. The maximum atomic E-state index is 15.4. The number of esters is 1. The molecule has 0 amide bonds. The van der Waals surface area contributed by atoms with Gasteiger partial charge in [-0.3, -0.25) is 4.79 Å². The van der Waals surface area contributed by atoms with Crippen LogP contribution in [0.1, 0.15) is 44.6 Å². The van der Waals surface area contributed by atoms with E-state index in [2.05, 4.69) is 25.9 Å². The van der Waals surface area contributed by atoms with E-state index in [-0.39, 0.29) is 40.4 Å². The fourth-order valence-electron chi connectivity index (χ4n) is 4.29. The summed E-state index contributed by atoms with van der Waals surface area (Å²) in [6.45, 7) is 2.94. The molecule has 34 heavy (non-hydrogen) atoms. The Labute approximate surface area is 205 Å². The van der Waals surface area contributed by atoms with Crippen LogP contribution < -0.4 is 9.64 Å². The molecule has 2 heterocycles. The summed E-state index contributed by atoms with van der Waals surface area (Å²) in [6.07, 6.45) is 6.08. The first kappa shape index (κ1) is 24.4. The number of β-amino-alcohol motifs (C(OH)–C–C–N with tert-alkyl or cyclic N) is 1. The number of allylic oxidation sites excluding steroid dienone is 1. The largest absolute Gasteiger partial charge is 0.469 e. The lowest BCUT2D eigenvalue weighted by Gasteiger charge is -2.38. The van der Waals surface area contributed by atoms with Gasteiger partial charge in [-0.15, -0.1) is 0 Å². The second-order valence-corrected chi connectivity index (χ2v) is 10.1. The van der Waals surface area contributed by atoms with Crippen LogP contribution in [0.25, 0.3) is 17.0 Å². The molecule has 1 atom stereocenters. The zero-order chi connectivity index (χ0) is 24.5. The van der Waals surface area contributed by atoms with E-state index in [0.29, 0.717) is 36.3 Å². The highest BCUT2D eigenvalue weighted by Gasteiger charge is 2.46. The molecule has 180 valence electrons. The Morgan fingerprint density at radius 2 is 2.18 bits per heavy atom. The predicted octanol–water partition coefficient (Wildman–Crippen LogP) is 4.14. The summed E-state index contributed by atoms with van der Waals surface area (Å²) in [5.41, 5.74) is -0.675. The van der Waals surface area contributed by atoms with Crippen LogP contribution >= 0.6 is 15.9 Å². The monoisotopic (exact) mass is 532 g/mol. The fourth-order valence-corrected chi connectivity index (χ4v) is 4.72. The van der Waals surface area contributed by atoms with Gasteiger partial charge in [-0.2, -0.15) is 15.2 Å². The molecule has 0 bridgehead atoms. The molecule has 1 aliphatic carbocycles. The third-order valence-electron chi connectivity index (χ3n) is 6.38. The maximum absolute atomic E-state index is 15.4. The van der Waals surface area contributed by atoms with Crippen molar-refractivity contribution in [1.29, 1.82) is 5.26 Å². The van der Waals surface area contributed by atoms with Gasteiger partial charge in [0, 0.05) is 30.0 Å². The lowest BCUT2D eigenvalue weighted by atomic mass is 9.95. The van der Waals surface area contributed by atoms with Crippen molar-refractivity contribution in [1.82, 2.24) is 9.97 Å². The van der Waals surface area contributed by atoms with Crippen molar-refractivity contribution < 1.29 is 23.8 Å². The molecule has 0 spiro atoms. The van der Waals surface area contributed by atoms with Crippen molar-refractivity contribution in [3.8, 4) is 12.1 Å². The topological polar surface area (TPSA) is 109 Å². The first-order chi connectivity index (χ1) is 16.2. The number of ether oxygens (including phenoxy) is 2. The minimum absolute atomic E-state index is 0.00924. The van der Waals surface area contributed by atoms with Crippen molar-refractivity contribution in [2.75, 3.05) is 31.7 Å². The lowest BCUT2D eigenvalue weighted by Crippen LogP contribution is -2.46. The molecule has 1 saturated carbocycles. The maximum Gasteiger partial charge on any atom is 0.319 e. The number of hydrogen-bond acceptors (Lipinski definition) is 8. The van der Waals surface area contributed by atoms with E-state index >= 15 is 4.39 Å². The number of benzene rings is 1. The van der Waals surface area contributed by atoms with E-state index < -0.39 is 11.4 Å². The number of fused-ring (bicyclic) bond motifs is 1. The number of aromatic nitrogens is 2. The normalized spacial score (nSPS) is 21.5. The number of rotatable bonds is 7. The number of hydrogen-bond donors (Lipinski definition) is 1. The van der Waals surface area contributed by atoms with Crippen LogP contribution in [-0.4, -0.2) is 53.5 Å². The average Bonchev–Trinajstić information content (AvgIpc) is 3.57. The Balaban J connectivity index is 1.76. The number of carbonyl (C=O) groups is 1. The van der Waals surface area contributed by atoms with Gasteiger partial charge in [0.05, 0.1) is 36.3 Å². The summed E-state index contributed by atoms with van der Waals surface area (Å²) in [4.78, 5) is 22.6. The van der Waals surface area contributed by atoms with Crippen molar-refractivity contribution in [2.24, 2.45) is 5.41 Å². The molecular formula is C24H26BrFN4O4. The van der Waals surface area contributed by atoms with Crippen LogP contribution in [-0.2, 0) is 9.53 Å². The molecule has 2 aliphatic rings. The molecule has 8 nitrogen and oxygen atoms in total. The second-order valence-electron chi connectivity index (χ2n) is 9.35. The molecule has 2 fully saturated rings. The summed E-state index contributed by atoms with van der Waals surface area (Å²) in [6, 6.07) is 3.64. The van der Waals surface area contributed by atoms with Gasteiger partial charge in [-0.1, -0.05) is 0 Å². The van der Waals surface area contributed by atoms with Crippen LogP contribution in [0.5, 0.6) is 6.01 Å². The Morgan fingerprint density at radius 1 is 1.41 bits per heavy atom. The second kappa shape index (κ2) is 9.47. The van der Waals surface area contributed by atoms with E-state index in [1.54, 1.807) is 13.0 Å². The summed E-state index contributed by atoms with van der Waals surface area (Å²) in [5.74, 6) is -0.441. The van der Waals surface area contributed by atoms with Crippen LogP contribution in [0.2, 0.25) is 0 Å². The van der Waals surface area contributed by atoms with Crippen molar-refractivity contribution in [3.63, 3.8) is 0 Å². The smallest absolute Gasteiger partial charge is 0.319 e. The first-order valence-electron chi connectivity index (χ1n) is 11.1. The van der Waals surface area contributed by atoms with Crippen LogP contribution in [0.15, 0.2) is 16.6 Å². The molecule has 4 rings (SSSR count). The number of piperidine rings is 1. The van der Waals surface area contributed by atoms with Crippen molar-refractivity contribution in [3.05, 3.63) is 28.0 Å².